The largest absolute Gasteiger partial charge is 0.471 e. The van der Waals surface area contributed by atoms with Crippen molar-refractivity contribution < 1.29 is 37.1 Å². The Morgan fingerprint density at radius 3 is 2.42 bits per heavy atom. The van der Waals surface area contributed by atoms with E-state index in [2.05, 4.69) is 15.4 Å². The molecular weight excluding hydrogens is 749 g/mol. The summed E-state index contributed by atoms with van der Waals surface area (Å²) < 4.78 is 40.6. The smallest absolute Gasteiger partial charge is 0.408 e. The van der Waals surface area contributed by atoms with Gasteiger partial charge < -0.3 is 25.0 Å². The quantitative estimate of drug-likeness (QED) is 0.351. The van der Waals surface area contributed by atoms with Gasteiger partial charge in [0.1, 0.15) is 35.5 Å². The second-order valence-corrected chi connectivity index (χ2v) is 19.6. The molecule has 15 heteroatoms. The van der Waals surface area contributed by atoms with Gasteiger partial charge in [-0.2, -0.15) is 0 Å². The SMILES string of the molecule is CC1(S(=O)(=O)NC(=O)C23CCC2C=CCCCCCC2NC(=O)OC4CCCC4CCCCCc4nc5ccccc5nc4OC4CC(C(=O)N3)N(C4)C2=O)CC1. The zero-order valence-electron chi connectivity index (χ0n) is 32.9. The second kappa shape index (κ2) is 16.2. The number of carbonyl (C=O) groups is 4. The van der Waals surface area contributed by atoms with Gasteiger partial charge in [0.2, 0.25) is 27.7 Å². The number of ether oxygens (including phenoxy) is 2. The van der Waals surface area contributed by atoms with Gasteiger partial charge in [-0.1, -0.05) is 50.0 Å². The number of hydrogen-bond donors (Lipinski definition) is 3. The van der Waals surface area contributed by atoms with Gasteiger partial charge in [-0.05, 0) is 108 Å². The van der Waals surface area contributed by atoms with Crippen LogP contribution in [0.25, 0.3) is 11.0 Å². The molecule has 0 radical (unpaired) electrons. The first-order valence-corrected chi connectivity index (χ1v) is 22.7. The van der Waals surface area contributed by atoms with Crippen molar-refractivity contribution in [1.29, 1.82) is 0 Å². The Bertz CT molecular complexity index is 2020. The molecular formula is C42H56N6O8S. The van der Waals surface area contributed by atoms with E-state index in [9.17, 15) is 27.6 Å². The normalized spacial score (nSPS) is 32.3. The molecule has 3 aliphatic heterocycles. The molecule has 4 heterocycles. The van der Waals surface area contributed by atoms with Crippen LogP contribution in [0.3, 0.4) is 0 Å². The van der Waals surface area contributed by atoms with Crippen LogP contribution in [0.4, 0.5) is 4.79 Å². The number of carbonyl (C=O) groups excluding carboxylic acids is 4. The van der Waals surface area contributed by atoms with Gasteiger partial charge in [0.05, 0.1) is 22.3 Å². The van der Waals surface area contributed by atoms with Crippen LogP contribution in [-0.4, -0.2) is 88.2 Å². The number of benzene rings is 1. The number of fused-ring (bicyclic) bond motifs is 6. The van der Waals surface area contributed by atoms with Crippen molar-refractivity contribution in [3.05, 3.63) is 42.1 Å². The van der Waals surface area contributed by atoms with E-state index in [-0.39, 0.29) is 31.4 Å². The van der Waals surface area contributed by atoms with Crippen LogP contribution in [0.15, 0.2) is 36.4 Å². The molecule has 2 aromatic rings. The van der Waals surface area contributed by atoms with Crippen molar-refractivity contribution in [3.63, 3.8) is 0 Å². The van der Waals surface area contributed by atoms with Gasteiger partial charge in [-0.3, -0.25) is 19.1 Å². The lowest BCUT2D eigenvalue weighted by Crippen LogP contribution is -2.70. The van der Waals surface area contributed by atoms with Crippen molar-refractivity contribution in [2.45, 2.75) is 157 Å². The highest BCUT2D eigenvalue weighted by molar-refractivity contribution is 7.91. The lowest BCUT2D eigenvalue weighted by molar-refractivity contribution is -0.144. The average Bonchev–Trinajstić information content (AvgIpc) is 3.58. The summed E-state index contributed by atoms with van der Waals surface area (Å²) in [6, 6.07) is 5.56. The van der Waals surface area contributed by atoms with Gasteiger partial charge in [0.25, 0.3) is 5.91 Å². The van der Waals surface area contributed by atoms with E-state index in [4.69, 9.17) is 19.4 Å². The molecule has 7 atom stereocenters. The maximum Gasteiger partial charge on any atom is 0.408 e. The number of aromatic nitrogens is 2. The molecule has 4 fully saturated rings. The molecule has 8 rings (SSSR count). The Kier molecular flexibility index (Phi) is 11.2. The summed E-state index contributed by atoms with van der Waals surface area (Å²) in [5.74, 6) is -1.61. The first-order valence-electron chi connectivity index (χ1n) is 21.2. The summed E-state index contributed by atoms with van der Waals surface area (Å²) in [5.41, 5.74) is 0.614. The summed E-state index contributed by atoms with van der Waals surface area (Å²) in [7, 11) is -3.99. The molecule has 3 aliphatic carbocycles. The molecule has 1 aromatic heterocycles. The zero-order valence-corrected chi connectivity index (χ0v) is 33.7. The Morgan fingerprint density at radius 2 is 1.65 bits per heavy atom. The maximum absolute atomic E-state index is 14.8. The van der Waals surface area contributed by atoms with Crippen LogP contribution in [0, 0.1) is 11.8 Å². The number of allylic oxidation sites excluding steroid dienone is 1. The van der Waals surface area contributed by atoms with Gasteiger partial charge in [-0.15, -0.1) is 0 Å². The van der Waals surface area contributed by atoms with Gasteiger partial charge >= 0.3 is 6.09 Å². The maximum atomic E-state index is 14.8. The van der Waals surface area contributed by atoms with E-state index >= 15 is 0 Å². The number of para-hydroxylation sites is 2. The third kappa shape index (κ3) is 8.22. The molecule has 14 nitrogen and oxygen atoms in total. The molecule has 308 valence electrons. The van der Waals surface area contributed by atoms with Crippen molar-refractivity contribution in [3.8, 4) is 5.88 Å². The van der Waals surface area contributed by atoms with Crippen LogP contribution >= 0.6 is 0 Å². The minimum absolute atomic E-state index is 0.0258. The third-order valence-electron chi connectivity index (χ3n) is 13.5. The van der Waals surface area contributed by atoms with E-state index in [1.165, 1.54) is 4.90 Å². The molecule has 3 bridgehead atoms. The summed E-state index contributed by atoms with van der Waals surface area (Å²) in [5, 5.41) is 5.90. The monoisotopic (exact) mass is 804 g/mol. The zero-order chi connectivity index (χ0) is 39.8. The number of nitrogens with one attached hydrogen (secondary N) is 3. The number of rotatable bonds is 3. The standard InChI is InChI=1S/C42H56N6O8S/c1-41(23-24-41)57(53,54)47-39(51)42-22-21-28(42)15-7-3-2-4-8-19-33-38(50)48-26-29(25-34(48)36(49)46-42)55-37-32(43-30-16-10-11-17-31(30)44-37)18-9-5-6-13-27-14-12-20-35(27)56-40(52)45-33/h7,10-11,15-17,27-29,33-35H,2-6,8-9,12-14,18-26H2,1H3,(H,45,52)(H,46,49)(H,47,51). The Morgan fingerprint density at radius 1 is 0.895 bits per heavy atom. The molecule has 0 spiro atoms. The fraction of sp³-hybridized carbons (Fsp3) is 0.667. The van der Waals surface area contributed by atoms with Crippen LogP contribution in [0.1, 0.15) is 122 Å². The van der Waals surface area contributed by atoms with Crippen LogP contribution in [0.5, 0.6) is 5.88 Å². The molecule has 3 saturated carbocycles. The van der Waals surface area contributed by atoms with Crippen molar-refractivity contribution in [2.75, 3.05) is 6.54 Å². The highest BCUT2D eigenvalue weighted by Gasteiger charge is 2.58. The number of aryl methyl sites for hydroxylation is 1. The molecule has 57 heavy (non-hydrogen) atoms. The molecule has 7 unspecified atom stereocenters. The lowest BCUT2D eigenvalue weighted by Gasteiger charge is -2.47. The van der Waals surface area contributed by atoms with E-state index in [0.717, 1.165) is 63.3 Å². The first kappa shape index (κ1) is 39.6. The number of alkyl carbamates (subject to hydrolysis) is 1. The highest BCUT2D eigenvalue weighted by atomic mass is 32.2. The minimum atomic E-state index is -3.99. The summed E-state index contributed by atoms with van der Waals surface area (Å²) in [6.45, 7) is 1.64. The topological polar surface area (TPSA) is 186 Å². The van der Waals surface area contributed by atoms with Crippen LogP contribution in [0.2, 0.25) is 0 Å². The predicted octanol–water partition coefficient (Wildman–Crippen LogP) is 5.14. The van der Waals surface area contributed by atoms with Crippen molar-refractivity contribution in [1.82, 2.24) is 30.2 Å². The van der Waals surface area contributed by atoms with Gasteiger partial charge in [-0.25, -0.2) is 23.2 Å². The molecule has 4 amide bonds. The molecule has 1 saturated heterocycles. The van der Waals surface area contributed by atoms with E-state index in [1.54, 1.807) is 6.92 Å². The van der Waals surface area contributed by atoms with E-state index < -0.39 is 68.2 Å². The Labute approximate surface area is 334 Å². The van der Waals surface area contributed by atoms with Gasteiger partial charge in [0, 0.05) is 12.3 Å². The fourth-order valence-electron chi connectivity index (χ4n) is 9.43. The van der Waals surface area contributed by atoms with Crippen molar-refractivity contribution in [2.24, 2.45) is 11.8 Å². The number of amides is 4. The van der Waals surface area contributed by atoms with Gasteiger partial charge in [0.15, 0.2) is 0 Å². The van der Waals surface area contributed by atoms with E-state index in [1.807, 2.05) is 36.4 Å². The fourth-order valence-corrected chi connectivity index (χ4v) is 10.7. The molecule has 1 aromatic carbocycles. The number of sulfonamides is 1. The predicted molar refractivity (Wildman–Crippen MR) is 211 cm³/mol. The van der Waals surface area contributed by atoms with Crippen LogP contribution in [-0.2, 0) is 35.6 Å². The van der Waals surface area contributed by atoms with Crippen molar-refractivity contribution >= 4 is 44.9 Å². The number of hydrogen-bond acceptors (Lipinski definition) is 10. The Balaban J connectivity index is 1.14. The average molecular weight is 805 g/mol. The summed E-state index contributed by atoms with van der Waals surface area (Å²) in [6.07, 6.45) is 14.7. The summed E-state index contributed by atoms with van der Waals surface area (Å²) >= 11 is 0. The molecule has 6 aliphatic rings. The minimum Gasteiger partial charge on any atom is -0.471 e. The summed E-state index contributed by atoms with van der Waals surface area (Å²) in [4.78, 5) is 68.4. The highest BCUT2D eigenvalue weighted by Crippen LogP contribution is 2.45. The first-order chi connectivity index (χ1) is 27.4. The number of nitrogens with zero attached hydrogens (tertiary/aromatic N) is 3. The third-order valence-corrected chi connectivity index (χ3v) is 15.6. The lowest BCUT2D eigenvalue weighted by atomic mass is 9.65. The second-order valence-electron chi connectivity index (χ2n) is 17.4. The molecule has 3 N–H and O–H groups in total. The van der Waals surface area contributed by atoms with E-state index in [0.29, 0.717) is 62.0 Å². The Hall–Kier alpha value is -4.27. The van der Waals surface area contributed by atoms with Crippen LogP contribution < -0.4 is 20.1 Å².